The number of Topliss-reactive ketones (excluding diaryl/α,β-unsaturated/α-hetero) is 1. The van der Waals surface area contributed by atoms with Crippen molar-refractivity contribution in [2.75, 3.05) is 26.3 Å². The van der Waals surface area contributed by atoms with Crippen molar-refractivity contribution < 1.29 is 9.53 Å². The van der Waals surface area contributed by atoms with E-state index in [1.165, 1.54) is 0 Å². The number of halogens is 1. The number of nitrogens with two attached hydrogens (primary N) is 1. The zero-order valence-electron chi connectivity index (χ0n) is 16.7. The van der Waals surface area contributed by atoms with E-state index in [9.17, 15) is 10.1 Å². The minimum atomic E-state index is -0.465. The van der Waals surface area contributed by atoms with Crippen LogP contribution in [0.2, 0.25) is 5.02 Å². The lowest BCUT2D eigenvalue weighted by Crippen LogP contribution is -2.53. The predicted molar refractivity (Wildman–Crippen MR) is 110 cm³/mol. The number of ether oxygens (including phenoxy) is 1. The monoisotopic (exact) mass is 412 g/mol. The highest BCUT2D eigenvalue weighted by molar-refractivity contribution is 6.30. The molecule has 0 unspecified atom stereocenters. The normalized spacial score (nSPS) is 25.1. The van der Waals surface area contributed by atoms with Crippen LogP contribution >= 0.6 is 11.6 Å². The van der Waals surface area contributed by atoms with Crippen molar-refractivity contribution in [2.24, 2.45) is 11.1 Å². The largest absolute Gasteiger partial charge is 0.383 e. The van der Waals surface area contributed by atoms with Crippen molar-refractivity contribution in [3.63, 3.8) is 0 Å². The zero-order valence-corrected chi connectivity index (χ0v) is 17.5. The average molecular weight is 413 g/mol. The highest BCUT2D eigenvalue weighted by Crippen LogP contribution is 2.49. The van der Waals surface area contributed by atoms with Gasteiger partial charge in [0.1, 0.15) is 5.82 Å². The van der Waals surface area contributed by atoms with Crippen molar-refractivity contribution in [1.29, 1.82) is 5.26 Å². The molecule has 0 saturated carbocycles. The van der Waals surface area contributed by atoms with Gasteiger partial charge in [-0.3, -0.25) is 9.80 Å². The van der Waals surface area contributed by atoms with E-state index in [-0.39, 0.29) is 11.2 Å². The van der Waals surface area contributed by atoms with E-state index in [1.54, 1.807) is 12.1 Å². The van der Waals surface area contributed by atoms with Gasteiger partial charge in [0.25, 0.3) is 0 Å². The summed E-state index contributed by atoms with van der Waals surface area (Å²) >= 11 is 6.07. The molecule has 0 spiro atoms. The van der Waals surface area contributed by atoms with Crippen molar-refractivity contribution >= 4 is 17.4 Å². The number of carbonyl (C=O) groups excluding carboxylic acids is 1. The van der Waals surface area contributed by atoms with E-state index in [4.69, 9.17) is 22.1 Å². The van der Waals surface area contributed by atoms with Crippen LogP contribution in [0.5, 0.6) is 0 Å². The van der Waals surface area contributed by atoms with Crippen LogP contribution < -0.4 is 5.73 Å². The van der Waals surface area contributed by atoms with Crippen molar-refractivity contribution in [2.45, 2.75) is 32.6 Å². The Bertz CT molecular complexity index is 937. The standard InChI is InChI=1S/C22H25ClN4O2/c1-22(2)11-17-20(18(28)12-22)19(14-3-5-15(23)6-4-14)16(13-24)21(25)27(17)26-7-9-29-10-8-26/h3-6,19H,7-12,25H2,1-2H3/t19-/m0/s1. The number of hydrogen-bond acceptors (Lipinski definition) is 6. The van der Waals surface area contributed by atoms with Crippen molar-refractivity contribution in [1.82, 2.24) is 10.0 Å². The number of morpholine rings is 1. The highest BCUT2D eigenvalue weighted by atomic mass is 35.5. The summed E-state index contributed by atoms with van der Waals surface area (Å²) in [6.07, 6.45) is 1.17. The van der Waals surface area contributed by atoms with Crippen molar-refractivity contribution in [3.05, 3.63) is 57.5 Å². The lowest BCUT2D eigenvalue weighted by molar-refractivity contribution is -0.119. The molecular formula is C22H25ClN4O2. The molecule has 29 heavy (non-hydrogen) atoms. The predicted octanol–water partition coefficient (Wildman–Crippen LogP) is 3.32. The molecule has 2 heterocycles. The molecule has 152 valence electrons. The Morgan fingerprint density at radius 1 is 1.21 bits per heavy atom. The lowest BCUT2D eigenvalue weighted by Gasteiger charge is -2.48. The fourth-order valence-corrected chi connectivity index (χ4v) is 4.68. The number of rotatable bonds is 2. The molecule has 1 aromatic rings. The lowest BCUT2D eigenvalue weighted by atomic mass is 9.69. The Morgan fingerprint density at radius 2 is 1.86 bits per heavy atom. The molecule has 1 aliphatic carbocycles. The minimum absolute atomic E-state index is 0.0784. The molecule has 0 bridgehead atoms. The van der Waals surface area contributed by atoms with Crippen LogP contribution in [-0.2, 0) is 9.53 Å². The molecule has 1 saturated heterocycles. The first-order chi connectivity index (χ1) is 13.8. The smallest absolute Gasteiger partial charge is 0.162 e. The maximum atomic E-state index is 13.4. The molecule has 2 N–H and O–H groups in total. The van der Waals surface area contributed by atoms with Crippen LogP contribution in [0.25, 0.3) is 0 Å². The Kier molecular flexibility index (Phi) is 5.16. The second-order valence-electron chi connectivity index (χ2n) is 8.57. The first-order valence-corrected chi connectivity index (χ1v) is 10.2. The Hall–Kier alpha value is -2.33. The number of hydrogen-bond donors (Lipinski definition) is 1. The summed E-state index contributed by atoms with van der Waals surface area (Å²) in [6, 6.07) is 9.62. The third-order valence-electron chi connectivity index (χ3n) is 5.83. The van der Waals surface area contributed by atoms with E-state index in [0.717, 1.165) is 17.7 Å². The first-order valence-electron chi connectivity index (χ1n) is 9.86. The Labute approximate surface area is 176 Å². The summed E-state index contributed by atoms with van der Waals surface area (Å²) in [5, 5.41) is 14.7. The number of nitriles is 1. The van der Waals surface area contributed by atoms with E-state index >= 15 is 0 Å². The molecule has 2 aliphatic heterocycles. The molecule has 0 amide bonds. The summed E-state index contributed by atoms with van der Waals surface area (Å²) in [5.74, 6) is 0.0152. The number of carbonyl (C=O) groups is 1. The van der Waals surface area contributed by atoms with E-state index in [0.29, 0.717) is 54.7 Å². The molecule has 1 fully saturated rings. The highest BCUT2D eigenvalue weighted by Gasteiger charge is 2.45. The second-order valence-corrected chi connectivity index (χ2v) is 9.01. The minimum Gasteiger partial charge on any atom is -0.383 e. The third-order valence-corrected chi connectivity index (χ3v) is 6.08. The van der Waals surface area contributed by atoms with Crippen LogP contribution in [0.15, 0.2) is 46.9 Å². The first kappa shape index (κ1) is 20.0. The number of hydrazine groups is 1. The Balaban J connectivity index is 1.91. The summed E-state index contributed by atoms with van der Waals surface area (Å²) in [4.78, 5) is 13.4. The van der Waals surface area contributed by atoms with E-state index in [2.05, 4.69) is 24.9 Å². The van der Waals surface area contributed by atoms with Gasteiger partial charge in [0, 0.05) is 35.8 Å². The van der Waals surface area contributed by atoms with Gasteiger partial charge in [-0.15, -0.1) is 0 Å². The van der Waals surface area contributed by atoms with Gasteiger partial charge < -0.3 is 10.5 Å². The topological polar surface area (TPSA) is 82.6 Å². The molecule has 1 atom stereocenters. The van der Waals surface area contributed by atoms with Gasteiger partial charge >= 0.3 is 0 Å². The quantitative estimate of drug-likeness (QED) is 0.802. The summed E-state index contributed by atoms with van der Waals surface area (Å²) < 4.78 is 5.49. The number of allylic oxidation sites excluding steroid dienone is 3. The average Bonchev–Trinajstić information content (AvgIpc) is 2.67. The van der Waals surface area contributed by atoms with Gasteiger partial charge in [0.05, 0.1) is 30.8 Å². The molecule has 6 nitrogen and oxygen atoms in total. The molecular weight excluding hydrogens is 388 g/mol. The Morgan fingerprint density at radius 3 is 2.48 bits per heavy atom. The molecule has 1 aromatic carbocycles. The van der Waals surface area contributed by atoms with Crippen LogP contribution in [0.1, 0.15) is 38.2 Å². The van der Waals surface area contributed by atoms with Gasteiger partial charge in [-0.1, -0.05) is 37.6 Å². The zero-order chi connectivity index (χ0) is 20.8. The fourth-order valence-electron chi connectivity index (χ4n) is 4.56. The number of nitrogens with zero attached hydrogens (tertiary/aromatic N) is 3. The summed E-state index contributed by atoms with van der Waals surface area (Å²) in [7, 11) is 0. The molecule has 0 radical (unpaired) electrons. The van der Waals surface area contributed by atoms with E-state index < -0.39 is 5.92 Å². The SMILES string of the molecule is CC1(C)CC(=O)C2=C(C1)N(N1CCOCC1)C(N)=C(C#N)[C@@H]2c1ccc(Cl)cc1. The number of ketones is 1. The van der Waals surface area contributed by atoms with Gasteiger partial charge in [0.2, 0.25) is 0 Å². The fraction of sp³-hybridized carbons (Fsp3) is 0.455. The van der Waals surface area contributed by atoms with Gasteiger partial charge in [-0.25, -0.2) is 5.01 Å². The number of benzene rings is 1. The molecule has 3 aliphatic rings. The molecule has 4 rings (SSSR count). The maximum Gasteiger partial charge on any atom is 0.162 e. The summed E-state index contributed by atoms with van der Waals surface area (Å²) in [6.45, 7) is 6.71. The van der Waals surface area contributed by atoms with E-state index in [1.807, 2.05) is 17.1 Å². The van der Waals surface area contributed by atoms with Crippen LogP contribution in [-0.4, -0.2) is 42.1 Å². The van der Waals surface area contributed by atoms with Crippen molar-refractivity contribution in [3.8, 4) is 6.07 Å². The third kappa shape index (κ3) is 3.55. The van der Waals surface area contributed by atoms with Gasteiger partial charge in [-0.2, -0.15) is 5.26 Å². The second kappa shape index (κ2) is 7.49. The van der Waals surface area contributed by atoms with Gasteiger partial charge in [-0.05, 0) is 29.5 Å². The van der Waals surface area contributed by atoms with Crippen LogP contribution in [0, 0.1) is 16.7 Å². The summed E-state index contributed by atoms with van der Waals surface area (Å²) in [5.41, 5.74) is 9.28. The molecule has 7 heteroatoms. The van der Waals surface area contributed by atoms with Gasteiger partial charge in [0.15, 0.2) is 5.78 Å². The van der Waals surface area contributed by atoms with Crippen LogP contribution in [0.3, 0.4) is 0 Å². The van der Waals surface area contributed by atoms with Crippen LogP contribution in [0.4, 0.5) is 0 Å². The maximum absolute atomic E-state index is 13.4. The molecule has 0 aromatic heterocycles.